The molecule has 0 aromatic heterocycles. The topological polar surface area (TPSA) is 93.1 Å². The van der Waals surface area contributed by atoms with Crippen LogP contribution in [0.4, 0.5) is 0 Å². The number of phenolic OH excluding ortho intramolecular Hbond substituents is 2. The van der Waals surface area contributed by atoms with Crippen LogP contribution in [-0.4, -0.2) is 34.4 Å². The Bertz CT molecular complexity index is 1060. The summed E-state index contributed by atoms with van der Waals surface area (Å²) in [5.74, 6) is -1.41. The second-order valence-corrected chi connectivity index (χ2v) is 9.29. The lowest BCUT2D eigenvalue weighted by molar-refractivity contribution is -0.0389. The van der Waals surface area contributed by atoms with E-state index in [2.05, 4.69) is 31.9 Å². The maximum Gasteiger partial charge on any atom is 0.338 e. The molecule has 3 aromatic rings. The number of fused-ring (bicyclic) bond motifs is 1. The summed E-state index contributed by atoms with van der Waals surface area (Å²) in [6.45, 7) is 0. The van der Waals surface area contributed by atoms with Crippen LogP contribution in [0.15, 0.2) is 69.6 Å². The molecule has 0 amide bonds. The lowest BCUT2D eigenvalue weighted by Crippen LogP contribution is -2.41. The fraction of sp³-hybridized carbons (Fsp3) is 0.167. The molecule has 0 saturated carbocycles. The van der Waals surface area contributed by atoms with Gasteiger partial charge in [-0.05, 0) is 47.5 Å². The Morgan fingerprint density at radius 3 is 1.50 bits per heavy atom. The van der Waals surface area contributed by atoms with Gasteiger partial charge in [-0.15, -0.1) is 0 Å². The molecule has 6 nitrogen and oxygen atoms in total. The summed E-state index contributed by atoms with van der Waals surface area (Å²) in [6, 6.07) is 16.4. The van der Waals surface area contributed by atoms with E-state index in [1.807, 2.05) is 24.3 Å². The van der Waals surface area contributed by atoms with Crippen LogP contribution in [0.1, 0.15) is 31.8 Å². The Kier molecular flexibility index (Phi) is 6.53. The number of carbonyl (C=O) groups excluding carboxylic acids is 2. The van der Waals surface area contributed by atoms with Crippen LogP contribution < -0.4 is 0 Å². The molecule has 3 aromatic carbocycles. The molecule has 0 bridgehead atoms. The highest BCUT2D eigenvalue weighted by Gasteiger charge is 2.35. The molecule has 1 aliphatic rings. The first-order valence-electron chi connectivity index (χ1n) is 9.76. The third-order valence-corrected chi connectivity index (χ3v) is 6.04. The monoisotopic (exact) mass is 560 g/mol. The second kappa shape index (κ2) is 9.34. The van der Waals surface area contributed by atoms with Crippen LogP contribution in [0.25, 0.3) is 0 Å². The van der Waals surface area contributed by atoms with E-state index in [0.29, 0.717) is 21.8 Å². The number of phenols is 2. The summed E-state index contributed by atoms with van der Waals surface area (Å²) in [6.07, 6.45) is -0.681. The van der Waals surface area contributed by atoms with E-state index >= 15 is 0 Å². The van der Waals surface area contributed by atoms with Gasteiger partial charge < -0.3 is 19.7 Å². The van der Waals surface area contributed by atoms with Crippen molar-refractivity contribution in [3.05, 3.63) is 91.9 Å². The molecule has 0 aliphatic heterocycles. The molecule has 32 heavy (non-hydrogen) atoms. The first-order chi connectivity index (χ1) is 15.3. The van der Waals surface area contributed by atoms with Crippen molar-refractivity contribution in [1.29, 1.82) is 0 Å². The molecule has 0 radical (unpaired) electrons. The zero-order valence-corrected chi connectivity index (χ0v) is 19.8. The molecule has 8 heteroatoms. The third-order valence-electron chi connectivity index (χ3n) is 5.13. The number of ether oxygens (including phenoxy) is 2. The van der Waals surface area contributed by atoms with E-state index < -0.39 is 24.1 Å². The Labute approximate surface area is 201 Å². The van der Waals surface area contributed by atoms with Crippen molar-refractivity contribution in [2.75, 3.05) is 0 Å². The third kappa shape index (κ3) is 5.14. The van der Waals surface area contributed by atoms with Gasteiger partial charge in [-0.25, -0.2) is 9.59 Å². The number of esters is 2. The van der Waals surface area contributed by atoms with Gasteiger partial charge in [-0.3, -0.25) is 0 Å². The van der Waals surface area contributed by atoms with Crippen molar-refractivity contribution < 1.29 is 29.3 Å². The van der Waals surface area contributed by atoms with Crippen molar-refractivity contribution in [2.45, 2.75) is 25.0 Å². The van der Waals surface area contributed by atoms with Crippen molar-refractivity contribution >= 4 is 43.8 Å². The number of hydrogen-bond acceptors (Lipinski definition) is 6. The van der Waals surface area contributed by atoms with Crippen LogP contribution in [0.5, 0.6) is 11.5 Å². The summed E-state index contributed by atoms with van der Waals surface area (Å²) >= 11 is 6.50. The normalized spacial score (nSPS) is 17.3. The molecule has 1 aliphatic carbocycles. The summed E-state index contributed by atoms with van der Waals surface area (Å²) in [4.78, 5) is 25.6. The minimum Gasteiger partial charge on any atom is -0.508 e. The second-order valence-electron chi connectivity index (χ2n) is 7.46. The zero-order valence-electron chi connectivity index (χ0n) is 16.6. The highest BCUT2D eigenvalue weighted by atomic mass is 79.9. The Morgan fingerprint density at radius 2 is 1.12 bits per heavy atom. The molecule has 0 unspecified atom stereocenters. The van der Waals surface area contributed by atoms with E-state index in [1.54, 1.807) is 12.1 Å². The van der Waals surface area contributed by atoms with Gasteiger partial charge in [0.2, 0.25) is 0 Å². The standard InChI is InChI=1S/C24H18Br2O6/c25-17-5-15(7-19(27)11-17)23(29)31-21-9-13-3-1-2-4-14(13)10-22(21)32-24(30)16-6-18(26)12-20(28)8-16/h1-8,11-12,21-22,27-28H,9-10H2/t21-,22+. The predicted molar refractivity (Wildman–Crippen MR) is 124 cm³/mol. The number of hydrogen-bond donors (Lipinski definition) is 2. The zero-order chi connectivity index (χ0) is 22.8. The van der Waals surface area contributed by atoms with Crippen molar-refractivity contribution in [2.24, 2.45) is 0 Å². The van der Waals surface area contributed by atoms with Gasteiger partial charge in [-0.1, -0.05) is 56.1 Å². The fourth-order valence-electron chi connectivity index (χ4n) is 3.68. The van der Waals surface area contributed by atoms with Gasteiger partial charge >= 0.3 is 11.9 Å². The number of carbonyl (C=O) groups is 2. The number of rotatable bonds is 4. The fourth-order valence-corrected chi connectivity index (χ4v) is 4.64. The average Bonchev–Trinajstić information content (AvgIpc) is 2.72. The van der Waals surface area contributed by atoms with Crippen molar-refractivity contribution in [3.63, 3.8) is 0 Å². The molecule has 0 saturated heterocycles. The van der Waals surface area contributed by atoms with Crippen LogP contribution >= 0.6 is 31.9 Å². The highest BCUT2D eigenvalue weighted by molar-refractivity contribution is 9.10. The largest absolute Gasteiger partial charge is 0.508 e. The van der Waals surface area contributed by atoms with Gasteiger partial charge in [0.05, 0.1) is 11.1 Å². The highest BCUT2D eigenvalue weighted by Crippen LogP contribution is 2.29. The Morgan fingerprint density at radius 1 is 0.719 bits per heavy atom. The smallest absolute Gasteiger partial charge is 0.338 e. The SMILES string of the molecule is O=C(O[C@H]1Cc2ccccc2C[C@H]1OC(=O)c1cc(O)cc(Br)c1)c1cc(O)cc(Br)c1. The molecule has 164 valence electrons. The summed E-state index contributed by atoms with van der Waals surface area (Å²) in [7, 11) is 0. The minimum absolute atomic E-state index is 0.0715. The summed E-state index contributed by atoms with van der Waals surface area (Å²) < 4.78 is 12.5. The molecular formula is C24H18Br2O6. The first-order valence-corrected chi connectivity index (χ1v) is 11.3. The predicted octanol–water partition coefficient (Wildman–Crippen LogP) is 5.17. The first kappa shape index (κ1) is 22.4. The van der Waals surface area contributed by atoms with Crippen LogP contribution in [0.2, 0.25) is 0 Å². The van der Waals surface area contributed by atoms with Crippen molar-refractivity contribution in [1.82, 2.24) is 0 Å². The molecule has 2 atom stereocenters. The van der Waals surface area contributed by atoms with Gasteiger partial charge in [0, 0.05) is 21.8 Å². The lowest BCUT2D eigenvalue weighted by atomic mass is 9.87. The summed E-state index contributed by atoms with van der Waals surface area (Å²) in [5, 5.41) is 19.6. The van der Waals surface area contributed by atoms with Crippen LogP contribution in [0.3, 0.4) is 0 Å². The maximum atomic E-state index is 12.8. The van der Waals surface area contributed by atoms with E-state index in [4.69, 9.17) is 9.47 Å². The lowest BCUT2D eigenvalue weighted by Gasteiger charge is -2.32. The molecule has 2 N–H and O–H groups in total. The van der Waals surface area contributed by atoms with Crippen LogP contribution in [0, 0.1) is 0 Å². The summed E-state index contributed by atoms with van der Waals surface area (Å²) in [5.41, 5.74) is 2.38. The Balaban J connectivity index is 1.59. The number of aromatic hydroxyl groups is 2. The number of halogens is 2. The van der Waals surface area contributed by atoms with E-state index in [-0.39, 0.29) is 22.6 Å². The quantitative estimate of drug-likeness (QED) is 0.427. The Hall–Kier alpha value is -2.84. The molecule has 4 rings (SSSR count). The average molecular weight is 562 g/mol. The van der Waals surface area contributed by atoms with Crippen LogP contribution in [-0.2, 0) is 22.3 Å². The van der Waals surface area contributed by atoms with Gasteiger partial charge in [0.15, 0.2) is 0 Å². The van der Waals surface area contributed by atoms with Gasteiger partial charge in [-0.2, -0.15) is 0 Å². The van der Waals surface area contributed by atoms with E-state index in [9.17, 15) is 19.8 Å². The maximum absolute atomic E-state index is 12.8. The minimum atomic E-state index is -0.719. The van der Waals surface area contributed by atoms with Gasteiger partial charge in [0.25, 0.3) is 0 Å². The molecule has 0 heterocycles. The molecule has 0 spiro atoms. The van der Waals surface area contributed by atoms with Crippen molar-refractivity contribution in [3.8, 4) is 11.5 Å². The molecular weight excluding hydrogens is 544 g/mol. The molecule has 0 fully saturated rings. The number of benzene rings is 3. The van der Waals surface area contributed by atoms with E-state index in [1.165, 1.54) is 24.3 Å². The van der Waals surface area contributed by atoms with Gasteiger partial charge in [0.1, 0.15) is 23.7 Å². The van der Waals surface area contributed by atoms with E-state index in [0.717, 1.165) is 11.1 Å².